The van der Waals surface area contributed by atoms with Crippen LogP contribution < -0.4 is 0 Å². The Labute approximate surface area is 486 Å². The highest BCUT2D eigenvalue weighted by Gasteiger charge is 2.82. The summed E-state index contributed by atoms with van der Waals surface area (Å²) < 4.78 is 21.9. The zero-order valence-corrected chi connectivity index (χ0v) is 50.1. The predicted molar refractivity (Wildman–Crippen MR) is 363 cm³/mol. The molecule has 28 aromatic carbocycles. The fraction of sp³-hybridized carbons (Fsp3) is 0.250. The van der Waals surface area contributed by atoms with Gasteiger partial charge in [-0.25, -0.2) is 0 Å². The molecule has 0 N–H and O–H groups in total. The van der Waals surface area contributed by atoms with Crippen LogP contribution >= 0.6 is 0 Å². The minimum Gasteiger partial charge on any atom is -0.459 e. The topological polar surface area (TPSA) is 65.1 Å². The maximum Gasteiger partial charge on any atom is 0.325 e. The highest BCUT2D eigenvalue weighted by Crippen LogP contribution is 2.87. The number of rotatable bonds is 6. The monoisotopic (exact) mass is 1120 g/mol. The molecule has 4 aliphatic carbocycles. The maximum absolute atomic E-state index is 17.5. The van der Waals surface area contributed by atoms with E-state index in [9.17, 15) is 0 Å². The number of ether oxygens (including phenoxy) is 2. The largest absolute Gasteiger partial charge is 0.459 e. The van der Waals surface area contributed by atoms with E-state index in [1.165, 1.54) is 259 Å². The van der Waals surface area contributed by atoms with E-state index in [2.05, 4.69) is 80.3 Å². The molecule has 0 bridgehead atoms. The second kappa shape index (κ2) is 9.25. The fourth-order valence-electron chi connectivity index (χ4n) is 27.2. The van der Waals surface area contributed by atoms with Gasteiger partial charge in [-0.2, -0.15) is 0 Å². The molecule has 0 aromatic heterocycles. The normalized spacial score (nSPS) is 23.2. The molecular weight excluding hydrogens is 1080 g/mol. The molecule has 1 fully saturated rings. The Morgan fingerprint density at radius 2 is 0.471 bits per heavy atom. The molecule has 7 heteroatoms. The summed E-state index contributed by atoms with van der Waals surface area (Å²) in [6.45, 7) is 24.7. The minimum absolute atomic E-state index is 0.0580. The molecule has 28 aromatic rings. The number of carbonyl (C=O) groups is 2. The Hall–Kier alpha value is -8.46. The van der Waals surface area contributed by atoms with E-state index >= 15 is 9.59 Å². The van der Waals surface area contributed by atoms with Crippen LogP contribution in [0, 0.1) is 0 Å². The van der Waals surface area contributed by atoms with Crippen molar-refractivity contribution < 1.29 is 23.5 Å². The number of esters is 2. The molecule has 33 rings (SSSR count). The smallest absolute Gasteiger partial charge is 0.325 e. The van der Waals surface area contributed by atoms with Gasteiger partial charge in [-0.05, 0) is 373 Å². The summed E-state index contributed by atoms with van der Waals surface area (Å²) >= 11 is 0. The van der Waals surface area contributed by atoms with Gasteiger partial charge in [0.25, 0.3) is 0 Å². The molecule has 0 amide bonds. The van der Waals surface area contributed by atoms with E-state index in [0.717, 1.165) is 0 Å². The van der Waals surface area contributed by atoms with Gasteiger partial charge in [0.15, 0.2) is 8.32 Å². The SMILES string of the molecule is CC(C)(C)OC(=O)C1N(CCO[Si](C)(C)C(C)(C)C)C(C(=O)OC(C)(C)C)C23c4c5c6c7c8c9c(c%10c%11c2c2c4c4c%12c5c5c6c6c8c8c%13c9c9c%10c%10c%11c%11c2c2c4c4c%12c%12c5c5c6c8c6c8c%13c9c9c%10c%10c%11c2c2c4c4c%12c5c6c5c8c9c%10c2c45)C713. The molecule has 0 saturated carbocycles. The molecule has 2 unspecified atom stereocenters. The molecule has 2 spiro atoms. The van der Waals surface area contributed by atoms with Gasteiger partial charge in [-0.15, -0.1) is 0 Å². The Kier molecular flexibility index (Phi) is 4.19. The summed E-state index contributed by atoms with van der Waals surface area (Å²) in [4.78, 5) is 37.5. The van der Waals surface area contributed by atoms with Crippen LogP contribution in [0.15, 0.2) is 0 Å². The van der Waals surface area contributed by atoms with Crippen molar-refractivity contribution in [3.8, 4) is 0 Å². The first-order chi connectivity index (χ1) is 41.8. The Morgan fingerprint density at radius 3 is 0.621 bits per heavy atom. The van der Waals surface area contributed by atoms with Crippen LogP contribution in [-0.4, -0.2) is 61.6 Å². The lowest BCUT2D eigenvalue weighted by Gasteiger charge is -2.52. The zero-order valence-electron chi connectivity index (χ0n) is 49.1. The van der Waals surface area contributed by atoms with Crippen LogP contribution in [0.1, 0.15) is 84.6 Å². The van der Waals surface area contributed by atoms with E-state index in [1.807, 2.05) is 0 Å². The van der Waals surface area contributed by atoms with Crippen molar-refractivity contribution >= 4 is 311 Å². The molecule has 5 aliphatic rings. The van der Waals surface area contributed by atoms with E-state index in [1.54, 1.807) is 53.9 Å². The third-order valence-electron chi connectivity index (χ3n) is 28.8. The molecule has 398 valence electrons. The molecule has 0 radical (unpaired) electrons. The van der Waals surface area contributed by atoms with Crippen LogP contribution in [0.4, 0.5) is 0 Å². The summed E-state index contributed by atoms with van der Waals surface area (Å²) in [6, 6.07) is -1.85. The van der Waals surface area contributed by atoms with Gasteiger partial charge in [-0.1, -0.05) is 20.8 Å². The van der Waals surface area contributed by atoms with Crippen LogP contribution in [0.2, 0.25) is 18.1 Å². The quantitative estimate of drug-likeness (QED) is 0.0939. The zero-order chi connectivity index (χ0) is 55.9. The van der Waals surface area contributed by atoms with Crippen molar-refractivity contribution in [3.63, 3.8) is 0 Å². The van der Waals surface area contributed by atoms with Crippen molar-refractivity contribution in [3.05, 3.63) is 22.3 Å². The summed E-state index contributed by atoms with van der Waals surface area (Å²) in [5.74, 6) is -0.476. The van der Waals surface area contributed by atoms with Gasteiger partial charge in [-0.3, -0.25) is 14.5 Å². The Balaban J connectivity index is 0.997. The first kappa shape index (κ1) is 39.4. The first-order valence-electron chi connectivity index (χ1n) is 32.5. The third kappa shape index (κ3) is 2.53. The van der Waals surface area contributed by atoms with Crippen molar-refractivity contribution in [2.24, 2.45) is 0 Å². The second-order valence-corrected chi connectivity index (χ2v) is 38.9. The summed E-state index contributed by atoms with van der Waals surface area (Å²) in [5, 5.41) is 80.3. The number of hydrogen-bond donors (Lipinski definition) is 0. The lowest BCUT2D eigenvalue weighted by atomic mass is 9.46. The van der Waals surface area contributed by atoms with Crippen LogP contribution in [0.3, 0.4) is 0 Å². The van der Waals surface area contributed by atoms with E-state index < -0.39 is 42.4 Å². The number of nitrogens with zero attached hydrogens (tertiary/aromatic N) is 1. The van der Waals surface area contributed by atoms with Gasteiger partial charge in [0, 0.05) is 13.2 Å². The number of benzene rings is 18. The Bertz CT molecular complexity index is 7270. The van der Waals surface area contributed by atoms with Crippen molar-refractivity contribution in [2.75, 3.05) is 13.2 Å². The molecule has 6 nitrogen and oxygen atoms in total. The minimum atomic E-state index is -2.38. The summed E-state index contributed by atoms with van der Waals surface area (Å²) in [5.41, 5.74) is 1.39. The molecular formula is C80H39NO5Si. The predicted octanol–water partition coefficient (Wildman–Crippen LogP) is 20.1. The number of carbonyl (C=O) groups excluding carboxylic acids is 2. The van der Waals surface area contributed by atoms with E-state index in [4.69, 9.17) is 13.9 Å². The van der Waals surface area contributed by atoms with Crippen LogP contribution in [0.25, 0.3) is 291 Å². The Morgan fingerprint density at radius 1 is 0.310 bits per heavy atom. The van der Waals surface area contributed by atoms with Gasteiger partial charge in [0.2, 0.25) is 0 Å². The average Bonchev–Trinajstić information content (AvgIpc) is 1.38. The van der Waals surface area contributed by atoms with Gasteiger partial charge < -0.3 is 13.9 Å². The number of hydrogen-bond acceptors (Lipinski definition) is 6. The van der Waals surface area contributed by atoms with Crippen LogP contribution in [-0.2, 0) is 34.3 Å². The molecule has 1 saturated heterocycles. The van der Waals surface area contributed by atoms with Gasteiger partial charge >= 0.3 is 11.9 Å². The van der Waals surface area contributed by atoms with Crippen molar-refractivity contribution in [2.45, 2.75) is 115 Å². The lowest BCUT2D eigenvalue weighted by molar-refractivity contribution is -0.166. The van der Waals surface area contributed by atoms with Crippen molar-refractivity contribution in [1.82, 2.24) is 4.90 Å². The molecule has 1 heterocycles. The summed E-state index contributed by atoms with van der Waals surface area (Å²) in [6.07, 6.45) is 0. The summed E-state index contributed by atoms with van der Waals surface area (Å²) in [7, 11) is -2.38. The fourth-order valence-corrected chi connectivity index (χ4v) is 28.2. The average molecular weight is 1120 g/mol. The van der Waals surface area contributed by atoms with Crippen molar-refractivity contribution in [1.29, 1.82) is 0 Å². The molecule has 2 atom stereocenters. The first-order valence-corrected chi connectivity index (χ1v) is 35.4. The van der Waals surface area contributed by atoms with Gasteiger partial charge in [0.05, 0.1) is 10.8 Å². The third-order valence-corrected chi connectivity index (χ3v) is 33.3. The maximum atomic E-state index is 17.5. The van der Waals surface area contributed by atoms with Crippen LogP contribution in [0.5, 0.6) is 0 Å². The number of likely N-dealkylation sites (tertiary alicyclic amines) is 1. The van der Waals surface area contributed by atoms with Gasteiger partial charge in [0.1, 0.15) is 23.3 Å². The second-order valence-electron chi connectivity index (χ2n) is 34.1. The highest BCUT2D eigenvalue weighted by molar-refractivity contribution is 6.82. The van der Waals surface area contributed by atoms with E-state index in [-0.39, 0.29) is 17.0 Å². The van der Waals surface area contributed by atoms with E-state index in [0.29, 0.717) is 13.2 Å². The highest BCUT2D eigenvalue weighted by atomic mass is 28.4. The standard InChI is InChI=1S/C80H39NO5Si/c1-76(2,3)85-74(82)72-79-68-60-52-42-32-24-16-14-15-18-22-20(16)28-36-30(22)40-34-26(18)27-19(15)23-21-17(14)25(24)33-39-29(21)37-31(23)41-35(27)45-44(34)54-48(40)58-50(36)56(46(52)38(28)32)64(68)66(58)70-62(54)63-55(45)49(41)59-51(37)57-47(39)53(43(33)42)61(60)69(79)65(57)67(59)71(63)80(70,79)73(75(83)86-77(4,5)6)81(72)12-13-84-87(10,11)78(7,8)9/h72-73H,12-13H2,1-11H3. The lowest BCUT2D eigenvalue weighted by Crippen LogP contribution is -2.59. The molecule has 87 heavy (non-hydrogen) atoms. The molecule has 1 aliphatic heterocycles.